The Morgan fingerprint density at radius 3 is 2.29 bits per heavy atom. The molecule has 0 atom stereocenters. The van der Waals surface area contributed by atoms with Gasteiger partial charge in [0.2, 0.25) is 0 Å². The zero-order valence-electron chi connectivity index (χ0n) is 8.99. The first-order valence-electron chi connectivity index (χ1n) is 4.96. The summed E-state index contributed by atoms with van der Waals surface area (Å²) in [6.07, 6.45) is 0. The van der Waals surface area contributed by atoms with Gasteiger partial charge in [0.05, 0.1) is 5.02 Å². The Balaban J connectivity index is 0.00000144. The van der Waals surface area contributed by atoms with Crippen LogP contribution in [0.4, 0.5) is 4.39 Å². The van der Waals surface area contributed by atoms with Gasteiger partial charge in [0.15, 0.2) is 0 Å². The quantitative estimate of drug-likeness (QED) is 0.877. The molecular weight excluding hydrogens is 260 g/mol. The summed E-state index contributed by atoms with van der Waals surface area (Å²) in [6, 6.07) is 12.4. The van der Waals surface area contributed by atoms with Crippen LogP contribution in [0.25, 0.3) is 11.1 Å². The molecule has 0 saturated heterocycles. The zero-order valence-corrected chi connectivity index (χ0v) is 10.6. The molecule has 2 aromatic rings. The van der Waals surface area contributed by atoms with Crippen LogP contribution in [-0.4, -0.2) is 0 Å². The van der Waals surface area contributed by atoms with Crippen molar-refractivity contribution in [1.29, 1.82) is 0 Å². The summed E-state index contributed by atoms with van der Waals surface area (Å²) in [5, 5.41) is 0.139. The molecule has 0 spiro atoms. The lowest BCUT2D eigenvalue weighted by Gasteiger charge is -2.05. The molecule has 2 rings (SSSR count). The van der Waals surface area contributed by atoms with E-state index in [1.807, 2.05) is 24.3 Å². The van der Waals surface area contributed by atoms with E-state index in [4.69, 9.17) is 17.3 Å². The van der Waals surface area contributed by atoms with E-state index in [0.29, 0.717) is 12.1 Å². The lowest BCUT2D eigenvalue weighted by Crippen LogP contribution is -1.95. The molecule has 0 unspecified atom stereocenters. The second-order valence-corrected chi connectivity index (χ2v) is 3.91. The Morgan fingerprint density at radius 1 is 1.06 bits per heavy atom. The number of halogens is 3. The molecule has 0 amide bonds. The Labute approximate surface area is 111 Å². The number of benzene rings is 2. The Kier molecular flexibility index (Phi) is 4.94. The molecule has 0 bridgehead atoms. The molecule has 0 aliphatic carbocycles. The molecule has 0 fully saturated rings. The van der Waals surface area contributed by atoms with Crippen molar-refractivity contribution in [2.75, 3.05) is 0 Å². The summed E-state index contributed by atoms with van der Waals surface area (Å²) in [5.41, 5.74) is 7.83. The van der Waals surface area contributed by atoms with Crippen LogP contribution in [0.5, 0.6) is 0 Å². The summed E-state index contributed by atoms with van der Waals surface area (Å²) in [5.74, 6) is -0.385. The van der Waals surface area contributed by atoms with E-state index in [1.54, 1.807) is 12.1 Å². The average molecular weight is 272 g/mol. The monoisotopic (exact) mass is 271 g/mol. The van der Waals surface area contributed by atoms with Gasteiger partial charge in [-0.2, -0.15) is 0 Å². The van der Waals surface area contributed by atoms with E-state index in [0.717, 1.165) is 11.1 Å². The summed E-state index contributed by atoms with van der Waals surface area (Å²) in [4.78, 5) is 0. The number of hydrogen-bond acceptors (Lipinski definition) is 1. The standard InChI is InChI=1S/C13H11ClFN.ClH/c14-12-3-1-2-11(13(12)15)10-6-4-9(8-16)5-7-10;/h1-7H,8,16H2;1H. The maximum absolute atomic E-state index is 13.7. The Morgan fingerprint density at radius 2 is 1.71 bits per heavy atom. The van der Waals surface area contributed by atoms with Crippen molar-refractivity contribution in [1.82, 2.24) is 0 Å². The molecule has 1 nitrogen and oxygen atoms in total. The second kappa shape index (κ2) is 6.01. The molecular formula is C13H12Cl2FN. The molecule has 0 heterocycles. The summed E-state index contributed by atoms with van der Waals surface area (Å²) in [7, 11) is 0. The largest absolute Gasteiger partial charge is 0.326 e. The topological polar surface area (TPSA) is 26.0 Å². The van der Waals surface area contributed by atoms with E-state index < -0.39 is 0 Å². The molecule has 4 heteroatoms. The first-order valence-corrected chi connectivity index (χ1v) is 5.33. The van der Waals surface area contributed by atoms with Crippen molar-refractivity contribution in [2.24, 2.45) is 5.73 Å². The first kappa shape index (κ1) is 14.0. The zero-order chi connectivity index (χ0) is 11.5. The number of hydrogen-bond donors (Lipinski definition) is 1. The maximum atomic E-state index is 13.7. The van der Waals surface area contributed by atoms with Crippen molar-refractivity contribution >= 4 is 24.0 Å². The van der Waals surface area contributed by atoms with Crippen molar-refractivity contribution in [3.8, 4) is 11.1 Å². The first-order chi connectivity index (χ1) is 7.72. The van der Waals surface area contributed by atoms with Crippen LogP contribution in [0.2, 0.25) is 5.02 Å². The van der Waals surface area contributed by atoms with Gasteiger partial charge in [0.1, 0.15) is 5.82 Å². The minimum atomic E-state index is -0.385. The molecule has 2 aromatic carbocycles. The fraction of sp³-hybridized carbons (Fsp3) is 0.0769. The predicted molar refractivity (Wildman–Crippen MR) is 72.0 cm³/mol. The molecule has 17 heavy (non-hydrogen) atoms. The van der Waals surface area contributed by atoms with Gasteiger partial charge in [-0.25, -0.2) is 4.39 Å². The number of rotatable bonds is 2. The van der Waals surface area contributed by atoms with Crippen molar-refractivity contribution in [3.05, 3.63) is 58.9 Å². The molecule has 0 saturated carbocycles. The lowest BCUT2D eigenvalue weighted by molar-refractivity contribution is 0.632. The molecule has 2 N–H and O–H groups in total. The van der Waals surface area contributed by atoms with Crippen molar-refractivity contribution in [3.63, 3.8) is 0 Å². The van der Waals surface area contributed by atoms with Gasteiger partial charge in [-0.1, -0.05) is 48.0 Å². The second-order valence-electron chi connectivity index (χ2n) is 3.50. The van der Waals surface area contributed by atoms with Crippen LogP contribution >= 0.6 is 24.0 Å². The highest BCUT2D eigenvalue weighted by molar-refractivity contribution is 6.31. The smallest absolute Gasteiger partial charge is 0.149 e. The molecule has 0 aromatic heterocycles. The maximum Gasteiger partial charge on any atom is 0.149 e. The van der Waals surface area contributed by atoms with Crippen LogP contribution < -0.4 is 5.73 Å². The van der Waals surface area contributed by atoms with Gasteiger partial charge in [-0.15, -0.1) is 12.4 Å². The van der Waals surface area contributed by atoms with Crippen LogP contribution in [0.1, 0.15) is 5.56 Å². The predicted octanol–water partition coefficient (Wildman–Crippen LogP) is 4.03. The van der Waals surface area contributed by atoms with Gasteiger partial charge in [0, 0.05) is 12.1 Å². The van der Waals surface area contributed by atoms with Crippen molar-refractivity contribution < 1.29 is 4.39 Å². The van der Waals surface area contributed by atoms with Gasteiger partial charge in [-0.05, 0) is 17.2 Å². The summed E-state index contributed by atoms with van der Waals surface area (Å²) in [6.45, 7) is 0.484. The molecule has 0 radical (unpaired) electrons. The van der Waals surface area contributed by atoms with Crippen LogP contribution in [0.3, 0.4) is 0 Å². The third kappa shape index (κ3) is 2.97. The summed E-state index contributed by atoms with van der Waals surface area (Å²) < 4.78 is 13.7. The summed E-state index contributed by atoms with van der Waals surface area (Å²) >= 11 is 5.73. The fourth-order valence-electron chi connectivity index (χ4n) is 1.55. The molecule has 0 aliphatic rings. The van der Waals surface area contributed by atoms with E-state index in [9.17, 15) is 4.39 Å². The van der Waals surface area contributed by atoms with E-state index in [1.165, 1.54) is 6.07 Å². The van der Waals surface area contributed by atoms with Gasteiger partial charge in [0.25, 0.3) is 0 Å². The Hall–Kier alpha value is -1.09. The molecule has 90 valence electrons. The molecule has 0 aliphatic heterocycles. The average Bonchev–Trinajstić information content (AvgIpc) is 2.33. The highest BCUT2D eigenvalue weighted by Crippen LogP contribution is 2.27. The minimum Gasteiger partial charge on any atom is -0.326 e. The van der Waals surface area contributed by atoms with Gasteiger partial charge < -0.3 is 5.73 Å². The number of nitrogens with two attached hydrogens (primary N) is 1. The lowest BCUT2D eigenvalue weighted by atomic mass is 10.0. The SMILES string of the molecule is Cl.NCc1ccc(-c2cccc(Cl)c2F)cc1. The highest BCUT2D eigenvalue weighted by atomic mass is 35.5. The van der Waals surface area contributed by atoms with Crippen LogP contribution in [0, 0.1) is 5.82 Å². The Bertz CT molecular complexity index is 497. The minimum absolute atomic E-state index is 0. The van der Waals surface area contributed by atoms with E-state index >= 15 is 0 Å². The van der Waals surface area contributed by atoms with E-state index in [2.05, 4.69) is 0 Å². The van der Waals surface area contributed by atoms with Crippen LogP contribution in [0.15, 0.2) is 42.5 Å². The van der Waals surface area contributed by atoms with Gasteiger partial charge >= 0.3 is 0 Å². The van der Waals surface area contributed by atoms with Crippen LogP contribution in [-0.2, 0) is 6.54 Å². The fourth-order valence-corrected chi connectivity index (χ4v) is 1.72. The normalized spacial score (nSPS) is 9.82. The van der Waals surface area contributed by atoms with Gasteiger partial charge in [-0.3, -0.25) is 0 Å². The highest BCUT2D eigenvalue weighted by Gasteiger charge is 2.07. The third-order valence-electron chi connectivity index (χ3n) is 2.45. The van der Waals surface area contributed by atoms with E-state index in [-0.39, 0.29) is 23.2 Å². The van der Waals surface area contributed by atoms with Crippen molar-refractivity contribution in [2.45, 2.75) is 6.54 Å². The third-order valence-corrected chi connectivity index (χ3v) is 2.74.